The predicted octanol–water partition coefficient (Wildman–Crippen LogP) is 8.43. The van der Waals surface area contributed by atoms with E-state index in [1.165, 1.54) is 13.5 Å². The van der Waals surface area contributed by atoms with Gasteiger partial charge in [0.25, 0.3) is 0 Å². The molecular weight excluding hydrogens is 668 g/mol. The van der Waals surface area contributed by atoms with E-state index >= 15 is 8.78 Å². The minimum Gasteiger partial charge on any atom is -0.497 e. The lowest BCUT2D eigenvalue weighted by Crippen LogP contribution is -2.45. The van der Waals surface area contributed by atoms with Crippen LogP contribution in [-0.2, 0) is 25.0 Å². The number of hydrogen-bond acceptors (Lipinski definition) is 9. The van der Waals surface area contributed by atoms with Crippen LogP contribution >= 0.6 is 0 Å². The third kappa shape index (κ3) is 8.44. The van der Waals surface area contributed by atoms with Crippen LogP contribution in [0.2, 0.25) is 0 Å². The summed E-state index contributed by atoms with van der Waals surface area (Å²) in [5.74, 6) is -3.69. The van der Waals surface area contributed by atoms with Gasteiger partial charge in [-0.2, -0.15) is 8.78 Å². The Morgan fingerprint density at radius 1 is 1.06 bits per heavy atom. The third-order valence-corrected chi connectivity index (χ3v) is 10.8. The minimum atomic E-state index is -3.56. The molecule has 2 saturated carbocycles. The third-order valence-electron chi connectivity index (χ3n) is 10.8. The molecule has 1 saturated heterocycles. The van der Waals surface area contributed by atoms with E-state index in [2.05, 4.69) is 29.7 Å². The second-order valence-electron chi connectivity index (χ2n) is 16.8. The van der Waals surface area contributed by atoms with Crippen molar-refractivity contribution < 1.29 is 37.3 Å². The van der Waals surface area contributed by atoms with Crippen LogP contribution in [0, 0.1) is 35.0 Å². The van der Waals surface area contributed by atoms with Crippen LogP contribution in [0.3, 0.4) is 0 Å². The molecule has 0 radical (unpaired) electrons. The van der Waals surface area contributed by atoms with Crippen molar-refractivity contribution in [3.8, 4) is 11.6 Å². The Morgan fingerprint density at radius 3 is 2.38 bits per heavy atom. The molecule has 2 aromatic rings. The summed E-state index contributed by atoms with van der Waals surface area (Å²) >= 11 is 0. The summed E-state index contributed by atoms with van der Waals surface area (Å²) in [6.07, 6.45) is 5.48. The Balaban J connectivity index is 1.45. The number of likely N-dealkylation sites (tertiary alicyclic amines) is 1. The van der Waals surface area contributed by atoms with Gasteiger partial charge in [-0.3, -0.25) is 4.79 Å². The molecule has 1 aromatic heterocycles. The molecule has 0 spiro atoms. The maximum Gasteiger partial charge on any atom is 0.329 e. The van der Waals surface area contributed by atoms with Gasteiger partial charge >= 0.3 is 17.9 Å². The first-order valence-electron chi connectivity index (χ1n) is 18.3. The number of ether oxygens (including phenoxy) is 4. The average Bonchev–Trinajstić information content (AvgIpc) is 3.63. The molecule has 2 aliphatic carbocycles. The molecule has 0 N–H and O–H groups in total. The molecule has 9 nitrogen and oxygen atoms in total. The van der Waals surface area contributed by atoms with E-state index in [0.29, 0.717) is 40.8 Å². The molecular formula is C41H55F2N3O6. The topological polar surface area (TPSA) is 100 Å². The Labute approximate surface area is 306 Å². The van der Waals surface area contributed by atoms with E-state index in [1.54, 1.807) is 39.0 Å². The van der Waals surface area contributed by atoms with E-state index in [9.17, 15) is 9.59 Å². The number of halogens is 2. The lowest BCUT2D eigenvalue weighted by molar-refractivity contribution is -0.161. The van der Waals surface area contributed by atoms with E-state index in [0.717, 1.165) is 19.3 Å². The van der Waals surface area contributed by atoms with Crippen LogP contribution in [0.25, 0.3) is 11.0 Å². The molecule has 1 aromatic carbocycles. The molecule has 3 fully saturated rings. The number of aromatic nitrogens is 2. The zero-order chi connectivity index (χ0) is 38.3. The quantitative estimate of drug-likeness (QED) is 0.141. The van der Waals surface area contributed by atoms with E-state index in [4.69, 9.17) is 18.9 Å². The van der Waals surface area contributed by atoms with Gasteiger partial charge in [0.05, 0.1) is 31.1 Å². The molecule has 11 heteroatoms. The highest BCUT2D eigenvalue weighted by Crippen LogP contribution is 2.58. The first kappa shape index (κ1) is 39.2. The molecule has 1 aliphatic heterocycles. The summed E-state index contributed by atoms with van der Waals surface area (Å²) in [6.45, 7) is 25.0. The van der Waals surface area contributed by atoms with Crippen molar-refractivity contribution in [3.63, 3.8) is 0 Å². The highest BCUT2D eigenvalue weighted by molar-refractivity contribution is 5.78. The summed E-state index contributed by atoms with van der Waals surface area (Å²) in [7, 11) is 1.49. The largest absolute Gasteiger partial charge is 0.497 e. The van der Waals surface area contributed by atoms with Crippen molar-refractivity contribution in [1.82, 2.24) is 14.9 Å². The molecule has 0 bridgehead atoms. The molecule has 2 heterocycles. The minimum absolute atomic E-state index is 0.0630. The normalized spacial score (nSPS) is 26.3. The van der Waals surface area contributed by atoms with Gasteiger partial charge in [0.15, 0.2) is 5.69 Å². The summed E-state index contributed by atoms with van der Waals surface area (Å²) in [6, 6.07) is 3.86. The van der Waals surface area contributed by atoms with Crippen LogP contribution in [0.15, 0.2) is 55.8 Å². The van der Waals surface area contributed by atoms with Crippen LogP contribution < -0.4 is 9.47 Å². The number of alkyl halides is 2. The lowest BCUT2D eigenvalue weighted by atomic mass is 9.76. The number of rotatable bonds is 14. The fraction of sp³-hybridized carbons (Fsp3) is 0.610. The number of carbonyl (C=O) groups is 2. The molecule has 8 atom stereocenters. The number of carbonyl (C=O) groups excluding carboxylic acids is 2. The number of nitrogens with zero attached hydrogens (tertiary/aromatic N) is 3. The van der Waals surface area contributed by atoms with E-state index in [1.807, 2.05) is 38.7 Å². The SMILES string of the molecule is C=CCC[C@@H]1[C@H]2C[C@H]2C[C@H]1OC(=O)C[C@H](C(=C)N1C[C@H](Oc2nc3cc(OC)ccc3nc2C(F)(F)C=C)[C@@H](C)[C@H]1C(=O)OC(C)(C)C)C(C)(C)C. The standard InChI is InChI=1S/C41H55F2N3O6/c1-12-14-15-27-28-18-25(28)19-32(27)50-34(47)21-29(39(5,6)7)24(4)46-22-33(23(3)35(46)38(48)52-40(8,9)10)51-37-36(41(42,43)13-2)44-30-17-16-26(49-11)20-31(30)45-37/h12-13,16-17,20,23,25,27-29,32-33,35H,1-2,4,14-15,18-19,21-22H2,3,5-11H3/t23-,25+,27-,28+,29-,32-,33+,35+/m1/s1. The number of esters is 2. The molecule has 3 aliphatic rings. The highest BCUT2D eigenvalue weighted by atomic mass is 19.3. The predicted molar refractivity (Wildman–Crippen MR) is 196 cm³/mol. The average molecular weight is 724 g/mol. The first-order chi connectivity index (χ1) is 24.3. The number of benzene rings is 1. The van der Waals surface area contributed by atoms with Crippen LogP contribution in [0.4, 0.5) is 8.78 Å². The molecule has 5 rings (SSSR count). The maximum absolute atomic E-state index is 15.3. The van der Waals surface area contributed by atoms with E-state index < -0.39 is 52.6 Å². The van der Waals surface area contributed by atoms with Gasteiger partial charge < -0.3 is 23.8 Å². The van der Waals surface area contributed by atoms with Gasteiger partial charge in [-0.05, 0) is 87.8 Å². The van der Waals surface area contributed by atoms with Gasteiger partial charge in [0.2, 0.25) is 5.88 Å². The smallest absolute Gasteiger partial charge is 0.329 e. The van der Waals surface area contributed by atoms with Gasteiger partial charge in [0.1, 0.15) is 29.6 Å². The highest BCUT2D eigenvalue weighted by Gasteiger charge is 2.55. The summed E-state index contributed by atoms with van der Waals surface area (Å²) in [5, 5.41) is 0. The van der Waals surface area contributed by atoms with Crippen molar-refractivity contribution in [2.75, 3.05) is 13.7 Å². The summed E-state index contributed by atoms with van der Waals surface area (Å²) in [4.78, 5) is 38.2. The van der Waals surface area contributed by atoms with Gasteiger partial charge in [-0.25, -0.2) is 14.8 Å². The zero-order valence-electron chi connectivity index (χ0n) is 31.9. The molecule has 284 valence electrons. The van der Waals surface area contributed by atoms with Gasteiger partial charge in [-0.15, -0.1) is 6.58 Å². The van der Waals surface area contributed by atoms with Gasteiger partial charge in [0, 0.05) is 23.6 Å². The number of hydrogen-bond donors (Lipinski definition) is 0. The van der Waals surface area contributed by atoms with Crippen molar-refractivity contribution in [3.05, 3.63) is 61.5 Å². The van der Waals surface area contributed by atoms with Crippen LogP contribution in [-0.4, -0.2) is 64.3 Å². The number of fused-ring (bicyclic) bond motifs is 2. The Morgan fingerprint density at radius 2 is 1.77 bits per heavy atom. The first-order valence-corrected chi connectivity index (χ1v) is 18.3. The van der Waals surface area contributed by atoms with Crippen molar-refractivity contribution >= 4 is 23.0 Å². The Hall–Kier alpha value is -4.02. The summed E-state index contributed by atoms with van der Waals surface area (Å²) in [5.41, 5.74) is -0.883. The van der Waals surface area contributed by atoms with E-state index in [-0.39, 0.29) is 36.4 Å². The Bertz CT molecular complexity index is 1700. The van der Waals surface area contributed by atoms with Crippen LogP contribution in [0.5, 0.6) is 11.6 Å². The second kappa shape index (κ2) is 14.8. The van der Waals surface area contributed by atoms with Gasteiger partial charge in [-0.1, -0.05) is 46.9 Å². The van der Waals surface area contributed by atoms with Crippen molar-refractivity contribution in [2.24, 2.45) is 35.0 Å². The van der Waals surface area contributed by atoms with Crippen molar-refractivity contribution in [2.45, 2.75) is 110 Å². The lowest BCUT2D eigenvalue weighted by Gasteiger charge is -2.39. The van der Waals surface area contributed by atoms with Crippen LogP contribution in [0.1, 0.15) is 86.3 Å². The van der Waals surface area contributed by atoms with Crippen molar-refractivity contribution in [1.29, 1.82) is 0 Å². The fourth-order valence-corrected chi connectivity index (χ4v) is 7.96. The zero-order valence-corrected chi connectivity index (χ0v) is 31.9. The number of methoxy groups -OCH3 is 1. The second-order valence-corrected chi connectivity index (χ2v) is 16.8. The molecule has 0 unspecified atom stereocenters. The monoisotopic (exact) mass is 723 g/mol. The summed E-state index contributed by atoms with van der Waals surface area (Å²) < 4.78 is 54.4. The Kier molecular flexibility index (Phi) is 11.1. The molecule has 52 heavy (non-hydrogen) atoms. The molecule has 0 amide bonds. The number of allylic oxidation sites excluding steroid dienone is 3. The fourth-order valence-electron chi connectivity index (χ4n) is 7.96. The maximum atomic E-state index is 15.3.